The van der Waals surface area contributed by atoms with Crippen molar-refractivity contribution in [3.8, 4) is 5.13 Å². The highest BCUT2D eigenvalue weighted by molar-refractivity contribution is 7.08. The van der Waals surface area contributed by atoms with E-state index in [1.807, 2.05) is 17.7 Å². The highest BCUT2D eigenvalue weighted by Gasteiger charge is 2.06. The normalized spacial score (nSPS) is 10.7. The quantitative estimate of drug-likeness (QED) is 0.774. The van der Waals surface area contributed by atoms with E-state index in [4.69, 9.17) is 0 Å². The van der Waals surface area contributed by atoms with Gasteiger partial charge in [0.1, 0.15) is 11.6 Å². The Labute approximate surface area is 86.8 Å². The average Bonchev–Trinajstić information content (AvgIpc) is 2.74. The largest absolute Gasteiger partial charge is 0.278 e. The molecule has 0 saturated heterocycles. The van der Waals surface area contributed by atoms with Crippen LogP contribution in [-0.4, -0.2) is 18.9 Å². The lowest BCUT2D eigenvalue weighted by molar-refractivity contribution is 0.848. The van der Waals surface area contributed by atoms with Crippen LogP contribution in [0.15, 0.2) is 12.4 Å². The first kappa shape index (κ1) is 9.33. The Balaban J connectivity index is 2.29. The topological polar surface area (TPSA) is 43.6 Å². The first-order chi connectivity index (χ1) is 6.81. The molecule has 0 radical (unpaired) electrons. The molecule has 4 nitrogen and oxygen atoms in total. The van der Waals surface area contributed by atoms with Crippen LogP contribution in [0.1, 0.15) is 25.0 Å². The first-order valence-corrected chi connectivity index (χ1v) is 5.41. The molecular weight excluding hydrogens is 196 g/mol. The Morgan fingerprint density at radius 3 is 3.00 bits per heavy atom. The molecule has 0 unspecified atom stereocenters. The molecule has 2 aromatic rings. The van der Waals surface area contributed by atoms with Gasteiger partial charge < -0.3 is 0 Å². The number of aromatic nitrogens is 4. The van der Waals surface area contributed by atoms with Crippen molar-refractivity contribution in [3.05, 3.63) is 24.0 Å². The summed E-state index contributed by atoms with van der Waals surface area (Å²) in [4.78, 5) is 8.58. The van der Waals surface area contributed by atoms with Crippen molar-refractivity contribution < 1.29 is 0 Å². The zero-order valence-electron chi connectivity index (χ0n) is 8.27. The minimum absolute atomic E-state index is 0.906. The van der Waals surface area contributed by atoms with Crippen LogP contribution in [0, 0.1) is 6.92 Å². The van der Waals surface area contributed by atoms with Crippen LogP contribution in [0.3, 0.4) is 0 Å². The zero-order chi connectivity index (χ0) is 9.97. The second-order valence-corrected chi connectivity index (χ2v) is 3.82. The fraction of sp³-hybridized carbons (Fsp3) is 0.444. The van der Waals surface area contributed by atoms with E-state index in [9.17, 15) is 0 Å². The van der Waals surface area contributed by atoms with Gasteiger partial charge in [-0.25, -0.2) is 9.97 Å². The monoisotopic (exact) mass is 208 g/mol. The summed E-state index contributed by atoms with van der Waals surface area (Å²) < 4.78 is 6.24. The molecule has 2 rings (SSSR count). The smallest absolute Gasteiger partial charge is 0.214 e. The summed E-state index contributed by atoms with van der Waals surface area (Å²) in [5.41, 5.74) is 0. The SMILES string of the molecule is CCCc1nsc(-n2ccnc2C)n1. The molecule has 0 fully saturated rings. The molecule has 0 amide bonds. The van der Waals surface area contributed by atoms with Gasteiger partial charge in [0.2, 0.25) is 5.13 Å². The van der Waals surface area contributed by atoms with Crippen molar-refractivity contribution >= 4 is 11.5 Å². The van der Waals surface area contributed by atoms with E-state index in [0.717, 1.165) is 29.6 Å². The fourth-order valence-electron chi connectivity index (χ4n) is 1.25. The van der Waals surface area contributed by atoms with Crippen LogP contribution in [-0.2, 0) is 6.42 Å². The van der Waals surface area contributed by atoms with Gasteiger partial charge in [-0.05, 0) is 13.3 Å². The van der Waals surface area contributed by atoms with Crippen LogP contribution in [0.25, 0.3) is 5.13 Å². The maximum absolute atomic E-state index is 4.43. The van der Waals surface area contributed by atoms with Gasteiger partial charge in [0.05, 0.1) is 0 Å². The molecule has 0 aliphatic carbocycles. The highest BCUT2D eigenvalue weighted by Crippen LogP contribution is 2.13. The maximum atomic E-state index is 4.43. The lowest BCUT2D eigenvalue weighted by Crippen LogP contribution is -1.95. The van der Waals surface area contributed by atoms with E-state index >= 15 is 0 Å². The van der Waals surface area contributed by atoms with E-state index in [2.05, 4.69) is 21.3 Å². The summed E-state index contributed by atoms with van der Waals surface area (Å²) in [5.74, 6) is 1.88. The van der Waals surface area contributed by atoms with Crippen molar-refractivity contribution in [2.24, 2.45) is 0 Å². The van der Waals surface area contributed by atoms with E-state index < -0.39 is 0 Å². The second-order valence-electron chi connectivity index (χ2n) is 3.09. The lowest BCUT2D eigenvalue weighted by Gasteiger charge is -1.96. The van der Waals surface area contributed by atoms with Crippen molar-refractivity contribution in [1.82, 2.24) is 18.9 Å². The van der Waals surface area contributed by atoms with Crippen LogP contribution >= 0.6 is 11.5 Å². The van der Waals surface area contributed by atoms with E-state index in [1.165, 1.54) is 11.5 Å². The molecule has 74 valence electrons. The summed E-state index contributed by atoms with van der Waals surface area (Å²) in [6, 6.07) is 0. The van der Waals surface area contributed by atoms with Crippen LogP contribution in [0.5, 0.6) is 0 Å². The molecule has 0 saturated carbocycles. The Bertz CT molecular complexity index is 418. The number of rotatable bonds is 3. The molecular formula is C9H12N4S. The molecule has 0 aliphatic heterocycles. The van der Waals surface area contributed by atoms with Gasteiger partial charge in [0.25, 0.3) is 0 Å². The molecule has 5 heteroatoms. The summed E-state index contributed by atoms with van der Waals surface area (Å²) in [7, 11) is 0. The van der Waals surface area contributed by atoms with E-state index in [-0.39, 0.29) is 0 Å². The van der Waals surface area contributed by atoms with Gasteiger partial charge in [-0.3, -0.25) is 4.57 Å². The van der Waals surface area contributed by atoms with E-state index in [0.29, 0.717) is 0 Å². The molecule has 0 atom stereocenters. The van der Waals surface area contributed by atoms with Crippen molar-refractivity contribution in [2.75, 3.05) is 0 Å². The summed E-state index contributed by atoms with van der Waals surface area (Å²) in [6.45, 7) is 4.09. The third kappa shape index (κ3) is 1.68. The second kappa shape index (κ2) is 3.88. The minimum atomic E-state index is 0.906. The van der Waals surface area contributed by atoms with Gasteiger partial charge in [-0.1, -0.05) is 6.92 Å². The van der Waals surface area contributed by atoms with Gasteiger partial charge in [0.15, 0.2) is 0 Å². The first-order valence-electron chi connectivity index (χ1n) is 4.64. The lowest BCUT2D eigenvalue weighted by atomic mass is 10.3. The Hall–Kier alpha value is -1.23. The average molecular weight is 208 g/mol. The molecule has 14 heavy (non-hydrogen) atoms. The molecule has 0 aromatic carbocycles. The molecule has 0 aliphatic rings. The molecule has 2 heterocycles. The van der Waals surface area contributed by atoms with Gasteiger partial charge >= 0.3 is 0 Å². The van der Waals surface area contributed by atoms with Crippen LogP contribution in [0.4, 0.5) is 0 Å². The van der Waals surface area contributed by atoms with Crippen LogP contribution < -0.4 is 0 Å². The van der Waals surface area contributed by atoms with Crippen LogP contribution in [0.2, 0.25) is 0 Å². The number of nitrogens with zero attached hydrogens (tertiary/aromatic N) is 4. The number of imidazole rings is 1. The standard InChI is InChI=1S/C9H12N4S/c1-3-4-8-11-9(14-12-8)13-6-5-10-7(13)2/h5-6H,3-4H2,1-2H3. The fourth-order valence-corrected chi connectivity index (χ4v) is 1.99. The summed E-state index contributed by atoms with van der Waals surface area (Å²) >= 11 is 1.42. The predicted molar refractivity (Wildman–Crippen MR) is 55.8 cm³/mol. The number of aryl methyl sites for hydroxylation is 2. The maximum Gasteiger partial charge on any atom is 0.214 e. The van der Waals surface area contributed by atoms with Gasteiger partial charge in [-0.2, -0.15) is 4.37 Å². The summed E-state index contributed by atoms with van der Waals surface area (Å²) in [5, 5.41) is 0.906. The van der Waals surface area contributed by atoms with E-state index in [1.54, 1.807) is 6.20 Å². The Morgan fingerprint density at radius 2 is 2.36 bits per heavy atom. The number of hydrogen-bond donors (Lipinski definition) is 0. The minimum Gasteiger partial charge on any atom is -0.278 e. The third-order valence-corrected chi connectivity index (χ3v) is 2.72. The Morgan fingerprint density at radius 1 is 1.50 bits per heavy atom. The molecule has 0 spiro atoms. The highest BCUT2D eigenvalue weighted by atomic mass is 32.1. The Kier molecular flexibility index (Phi) is 2.58. The predicted octanol–water partition coefficient (Wildman–Crippen LogP) is 1.98. The molecule has 0 bridgehead atoms. The summed E-state index contributed by atoms with van der Waals surface area (Å²) in [6.07, 6.45) is 5.71. The number of hydrogen-bond acceptors (Lipinski definition) is 4. The third-order valence-electron chi connectivity index (χ3n) is 1.96. The molecule has 2 aromatic heterocycles. The van der Waals surface area contributed by atoms with Crippen molar-refractivity contribution in [2.45, 2.75) is 26.7 Å². The van der Waals surface area contributed by atoms with Crippen molar-refractivity contribution in [1.29, 1.82) is 0 Å². The van der Waals surface area contributed by atoms with Gasteiger partial charge in [0, 0.05) is 30.3 Å². The van der Waals surface area contributed by atoms with Gasteiger partial charge in [-0.15, -0.1) is 0 Å². The van der Waals surface area contributed by atoms with Crippen molar-refractivity contribution in [3.63, 3.8) is 0 Å². The molecule has 0 N–H and O–H groups in total. The zero-order valence-corrected chi connectivity index (χ0v) is 9.08.